The lowest BCUT2D eigenvalue weighted by Crippen LogP contribution is -2.32. The minimum Gasteiger partial charge on any atom is -0.393 e. The maximum Gasteiger partial charge on any atom is 0.106 e. The number of aryl methyl sites for hydroxylation is 1. The Morgan fingerprint density at radius 1 is 1.33 bits per heavy atom. The standard InChI is InChI=1S/C17H25N3O/c1-13-18-15-7-3-4-8-16(15)20(13)11-10-19(2)12-14-6-5-9-17(14)21/h3-4,7-8,14,17,21H,5-6,9-12H2,1-2H3. The minimum absolute atomic E-state index is 0.0942. The van der Waals surface area contributed by atoms with Gasteiger partial charge in [-0.1, -0.05) is 18.6 Å². The van der Waals surface area contributed by atoms with Crippen LogP contribution in [0.2, 0.25) is 0 Å². The maximum absolute atomic E-state index is 9.93. The second kappa shape index (κ2) is 6.16. The van der Waals surface area contributed by atoms with Crippen LogP contribution in [0.25, 0.3) is 11.0 Å². The predicted octanol–water partition coefficient (Wildman–Crippen LogP) is 2.44. The number of hydrogen-bond donors (Lipinski definition) is 1. The van der Waals surface area contributed by atoms with E-state index < -0.39 is 0 Å². The quantitative estimate of drug-likeness (QED) is 0.918. The summed E-state index contributed by atoms with van der Waals surface area (Å²) >= 11 is 0. The van der Waals surface area contributed by atoms with Gasteiger partial charge in [0.25, 0.3) is 0 Å². The molecule has 0 spiro atoms. The molecule has 4 nitrogen and oxygen atoms in total. The van der Waals surface area contributed by atoms with E-state index in [1.807, 2.05) is 6.07 Å². The highest BCUT2D eigenvalue weighted by atomic mass is 16.3. The summed E-state index contributed by atoms with van der Waals surface area (Å²) in [5, 5.41) is 9.93. The largest absolute Gasteiger partial charge is 0.393 e. The van der Waals surface area contributed by atoms with Gasteiger partial charge >= 0.3 is 0 Å². The van der Waals surface area contributed by atoms with E-state index in [4.69, 9.17) is 0 Å². The number of rotatable bonds is 5. The molecule has 2 unspecified atom stereocenters. The van der Waals surface area contributed by atoms with Crippen LogP contribution in [0.3, 0.4) is 0 Å². The number of likely N-dealkylation sites (N-methyl/N-ethyl adjacent to an activating group) is 1. The first-order valence-electron chi connectivity index (χ1n) is 7.93. The molecule has 2 aromatic rings. The average Bonchev–Trinajstić information content (AvgIpc) is 3.00. The van der Waals surface area contributed by atoms with Crippen molar-refractivity contribution in [3.8, 4) is 0 Å². The lowest BCUT2D eigenvalue weighted by molar-refractivity contribution is 0.108. The van der Waals surface area contributed by atoms with Crippen molar-refractivity contribution < 1.29 is 5.11 Å². The third-order valence-corrected chi connectivity index (χ3v) is 4.72. The van der Waals surface area contributed by atoms with Gasteiger partial charge in [-0.05, 0) is 44.9 Å². The Kier molecular flexibility index (Phi) is 4.27. The molecule has 1 N–H and O–H groups in total. The number of aromatic nitrogens is 2. The highest BCUT2D eigenvalue weighted by molar-refractivity contribution is 5.75. The number of aliphatic hydroxyl groups excluding tert-OH is 1. The molecule has 1 aromatic heterocycles. The van der Waals surface area contributed by atoms with E-state index >= 15 is 0 Å². The van der Waals surface area contributed by atoms with Crippen molar-refractivity contribution in [1.82, 2.24) is 14.5 Å². The van der Waals surface area contributed by atoms with Gasteiger partial charge in [-0.25, -0.2) is 4.98 Å². The molecule has 1 aromatic carbocycles. The molecule has 114 valence electrons. The summed E-state index contributed by atoms with van der Waals surface area (Å²) in [6.07, 6.45) is 3.22. The van der Waals surface area contributed by atoms with Crippen LogP contribution in [0.1, 0.15) is 25.1 Å². The van der Waals surface area contributed by atoms with Crippen LogP contribution in [0.5, 0.6) is 0 Å². The Labute approximate surface area is 126 Å². The molecule has 1 heterocycles. The SMILES string of the molecule is Cc1nc2ccccc2n1CCN(C)CC1CCCC1O. The highest BCUT2D eigenvalue weighted by Crippen LogP contribution is 2.26. The summed E-state index contributed by atoms with van der Waals surface area (Å²) in [4.78, 5) is 6.95. The molecule has 0 amide bonds. The summed E-state index contributed by atoms with van der Waals surface area (Å²) in [6.45, 7) is 5.00. The topological polar surface area (TPSA) is 41.3 Å². The van der Waals surface area contributed by atoms with Crippen LogP contribution in [0.15, 0.2) is 24.3 Å². The third kappa shape index (κ3) is 3.11. The van der Waals surface area contributed by atoms with Crippen LogP contribution in [0, 0.1) is 12.8 Å². The number of hydrogen-bond acceptors (Lipinski definition) is 3. The van der Waals surface area contributed by atoms with Crippen molar-refractivity contribution in [2.75, 3.05) is 20.1 Å². The second-order valence-electron chi connectivity index (χ2n) is 6.32. The summed E-state index contributed by atoms with van der Waals surface area (Å²) in [6, 6.07) is 8.30. The molecule has 0 bridgehead atoms. The summed E-state index contributed by atoms with van der Waals surface area (Å²) in [5.74, 6) is 1.53. The molecule has 1 fully saturated rings. The fraction of sp³-hybridized carbons (Fsp3) is 0.588. The molecule has 0 radical (unpaired) electrons. The fourth-order valence-corrected chi connectivity index (χ4v) is 3.47. The number of benzene rings is 1. The molecule has 3 rings (SSSR count). The van der Waals surface area contributed by atoms with Crippen molar-refractivity contribution in [2.24, 2.45) is 5.92 Å². The van der Waals surface area contributed by atoms with Crippen molar-refractivity contribution in [1.29, 1.82) is 0 Å². The van der Waals surface area contributed by atoms with Gasteiger partial charge in [0, 0.05) is 19.6 Å². The summed E-state index contributed by atoms with van der Waals surface area (Å²) in [5.41, 5.74) is 2.29. The van der Waals surface area contributed by atoms with E-state index in [1.54, 1.807) is 0 Å². The van der Waals surface area contributed by atoms with Crippen LogP contribution < -0.4 is 0 Å². The van der Waals surface area contributed by atoms with Gasteiger partial charge in [0.1, 0.15) is 5.82 Å². The summed E-state index contributed by atoms with van der Waals surface area (Å²) < 4.78 is 2.29. The van der Waals surface area contributed by atoms with E-state index in [2.05, 4.69) is 46.6 Å². The smallest absolute Gasteiger partial charge is 0.106 e. The number of para-hydroxylation sites is 2. The van der Waals surface area contributed by atoms with Crippen molar-refractivity contribution in [2.45, 2.75) is 38.8 Å². The highest BCUT2D eigenvalue weighted by Gasteiger charge is 2.25. The van der Waals surface area contributed by atoms with Gasteiger partial charge in [0.05, 0.1) is 17.1 Å². The molecule has 1 aliphatic carbocycles. The Bertz CT molecular complexity index is 607. The van der Waals surface area contributed by atoms with Gasteiger partial charge in [0.2, 0.25) is 0 Å². The normalized spacial score (nSPS) is 22.5. The minimum atomic E-state index is -0.0942. The van der Waals surface area contributed by atoms with Gasteiger partial charge < -0.3 is 14.6 Å². The Balaban J connectivity index is 1.62. The molecular weight excluding hydrogens is 262 g/mol. The monoisotopic (exact) mass is 287 g/mol. The van der Waals surface area contributed by atoms with E-state index in [1.165, 1.54) is 18.4 Å². The van der Waals surface area contributed by atoms with Gasteiger partial charge in [-0.2, -0.15) is 0 Å². The van der Waals surface area contributed by atoms with Gasteiger partial charge in [-0.3, -0.25) is 0 Å². The fourth-order valence-electron chi connectivity index (χ4n) is 3.47. The Morgan fingerprint density at radius 2 is 2.14 bits per heavy atom. The van der Waals surface area contributed by atoms with Crippen LogP contribution in [-0.4, -0.2) is 45.8 Å². The summed E-state index contributed by atoms with van der Waals surface area (Å²) in [7, 11) is 2.15. The van der Waals surface area contributed by atoms with E-state index in [-0.39, 0.29) is 6.10 Å². The lowest BCUT2D eigenvalue weighted by Gasteiger charge is -2.23. The zero-order valence-electron chi connectivity index (χ0n) is 13.0. The Hall–Kier alpha value is -1.39. The number of aliphatic hydroxyl groups is 1. The number of imidazole rings is 1. The van der Waals surface area contributed by atoms with Crippen molar-refractivity contribution in [3.63, 3.8) is 0 Å². The molecule has 1 saturated carbocycles. The van der Waals surface area contributed by atoms with E-state index in [0.717, 1.165) is 37.4 Å². The molecule has 1 aliphatic rings. The first-order chi connectivity index (χ1) is 10.1. The molecule has 2 atom stereocenters. The number of fused-ring (bicyclic) bond motifs is 1. The van der Waals surface area contributed by atoms with Gasteiger partial charge in [0.15, 0.2) is 0 Å². The van der Waals surface area contributed by atoms with Gasteiger partial charge in [-0.15, -0.1) is 0 Å². The predicted molar refractivity (Wildman–Crippen MR) is 85.3 cm³/mol. The first-order valence-corrected chi connectivity index (χ1v) is 7.93. The molecule has 0 aliphatic heterocycles. The van der Waals surface area contributed by atoms with Crippen LogP contribution in [-0.2, 0) is 6.54 Å². The molecule has 21 heavy (non-hydrogen) atoms. The molecular formula is C17H25N3O. The zero-order chi connectivity index (χ0) is 14.8. The Morgan fingerprint density at radius 3 is 2.90 bits per heavy atom. The van der Waals surface area contributed by atoms with E-state index in [9.17, 15) is 5.11 Å². The van der Waals surface area contributed by atoms with E-state index in [0.29, 0.717) is 5.92 Å². The van der Waals surface area contributed by atoms with Crippen LogP contribution >= 0.6 is 0 Å². The second-order valence-corrected chi connectivity index (χ2v) is 6.32. The third-order valence-electron chi connectivity index (χ3n) is 4.72. The average molecular weight is 287 g/mol. The molecule has 0 saturated heterocycles. The van der Waals surface area contributed by atoms with Crippen LogP contribution in [0.4, 0.5) is 0 Å². The maximum atomic E-state index is 9.93. The molecule has 4 heteroatoms. The van der Waals surface area contributed by atoms with Crippen molar-refractivity contribution >= 4 is 11.0 Å². The van der Waals surface area contributed by atoms with Crippen molar-refractivity contribution in [3.05, 3.63) is 30.1 Å². The first kappa shape index (κ1) is 14.5. The number of nitrogens with zero attached hydrogens (tertiary/aromatic N) is 3. The zero-order valence-corrected chi connectivity index (χ0v) is 13.0. The lowest BCUT2D eigenvalue weighted by atomic mass is 10.1.